The Labute approximate surface area is 83.4 Å². The summed E-state index contributed by atoms with van der Waals surface area (Å²) >= 11 is 0. The summed E-state index contributed by atoms with van der Waals surface area (Å²) in [6.45, 7) is 3.97. The Morgan fingerprint density at radius 1 is 1.50 bits per heavy atom. The summed E-state index contributed by atoms with van der Waals surface area (Å²) in [5.74, 6) is 1.30. The van der Waals surface area contributed by atoms with Crippen LogP contribution in [0.15, 0.2) is 6.07 Å². The molecule has 0 atom stereocenters. The van der Waals surface area contributed by atoms with E-state index in [2.05, 4.69) is 22.2 Å². The van der Waals surface area contributed by atoms with Crippen molar-refractivity contribution >= 4 is 5.82 Å². The van der Waals surface area contributed by atoms with Crippen LogP contribution in [0.2, 0.25) is 0 Å². The molecule has 76 valence electrons. The number of nitrogens with one attached hydrogen (secondary N) is 1. The Kier molecular flexibility index (Phi) is 2.15. The second-order valence-corrected chi connectivity index (χ2v) is 4.15. The van der Waals surface area contributed by atoms with Crippen molar-refractivity contribution in [3.05, 3.63) is 17.6 Å². The Bertz CT molecular complexity index is 347. The van der Waals surface area contributed by atoms with E-state index >= 15 is 0 Å². The second kappa shape index (κ2) is 3.20. The van der Waals surface area contributed by atoms with Gasteiger partial charge < -0.3 is 10.4 Å². The Morgan fingerprint density at radius 2 is 2.21 bits per heavy atom. The highest BCUT2D eigenvalue weighted by Crippen LogP contribution is 2.37. The maximum atomic E-state index is 8.95. The van der Waals surface area contributed by atoms with E-state index in [1.807, 2.05) is 13.0 Å². The molecule has 1 aliphatic carbocycles. The highest BCUT2D eigenvalue weighted by atomic mass is 16.3. The van der Waals surface area contributed by atoms with Gasteiger partial charge in [-0.3, -0.25) is 0 Å². The number of anilines is 1. The van der Waals surface area contributed by atoms with Crippen molar-refractivity contribution in [3.63, 3.8) is 0 Å². The molecule has 2 N–H and O–H groups in total. The van der Waals surface area contributed by atoms with E-state index in [9.17, 15) is 0 Å². The number of hydrogen-bond acceptors (Lipinski definition) is 4. The maximum Gasteiger partial charge on any atom is 0.156 e. The van der Waals surface area contributed by atoms with Crippen LogP contribution < -0.4 is 5.32 Å². The fourth-order valence-electron chi connectivity index (χ4n) is 1.39. The molecule has 1 saturated carbocycles. The third-order valence-corrected chi connectivity index (χ3v) is 2.47. The average molecular weight is 193 g/mol. The standard InChI is InChI=1S/C10H15N3O/c1-7-5-8(12-9(6-14)11-7)13-10(2)3-4-10/h5,14H,3-4,6H2,1-2H3,(H,11,12,13). The zero-order valence-corrected chi connectivity index (χ0v) is 8.54. The van der Waals surface area contributed by atoms with Gasteiger partial charge in [0.25, 0.3) is 0 Å². The first kappa shape index (κ1) is 9.40. The Balaban J connectivity index is 2.20. The predicted octanol–water partition coefficient (Wildman–Crippen LogP) is 1.24. The lowest BCUT2D eigenvalue weighted by atomic mass is 10.3. The summed E-state index contributed by atoms with van der Waals surface area (Å²) in [5, 5.41) is 12.3. The van der Waals surface area contributed by atoms with E-state index in [0.717, 1.165) is 11.5 Å². The van der Waals surface area contributed by atoms with Gasteiger partial charge in [0.05, 0.1) is 0 Å². The molecule has 0 aliphatic heterocycles. The molecule has 0 amide bonds. The molecule has 4 heteroatoms. The molecule has 0 bridgehead atoms. The number of aliphatic hydroxyl groups excluding tert-OH is 1. The predicted molar refractivity (Wildman–Crippen MR) is 54.0 cm³/mol. The van der Waals surface area contributed by atoms with Gasteiger partial charge in [0, 0.05) is 17.3 Å². The summed E-state index contributed by atoms with van der Waals surface area (Å²) < 4.78 is 0. The zero-order valence-electron chi connectivity index (χ0n) is 8.54. The number of rotatable bonds is 3. The first-order valence-electron chi connectivity index (χ1n) is 4.85. The summed E-state index contributed by atoms with van der Waals surface area (Å²) in [5.41, 5.74) is 1.10. The van der Waals surface area contributed by atoms with Crippen molar-refractivity contribution in [1.82, 2.24) is 9.97 Å². The smallest absolute Gasteiger partial charge is 0.156 e. The van der Waals surface area contributed by atoms with E-state index in [4.69, 9.17) is 5.11 Å². The average Bonchev–Trinajstić information content (AvgIpc) is 2.82. The monoisotopic (exact) mass is 193 g/mol. The fourth-order valence-corrected chi connectivity index (χ4v) is 1.39. The lowest BCUT2D eigenvalue weighted by Gasteiger charge is -2.12. The summed E-state index contributed by atoms with van der Waals surface area (Å²) in [4.78, 5) is 8.31. The van der Waals surface area contributed by atoms with Crippen molar-refractivity contribution in [2.45, 2.75) is 38.8 Å². The van der Waals surface area contributed by atoms with Crippen molar-refractivity contribution in [1.29, 1.82) is 0 Å². The minimum Gasteiger partial charge on any atom is -0.388 e. The topological polar surface area (TPSA) is 58.0 Å². The molecule has 0 radical (unpaired) electrons. The van der Waals surface area contributed by atoms with E-state index in [0.29, 0.717) is 5.82 Å². The van der Waals surface area contributed by atoms with Gasteiger partial charge in [-0.1, -0.05) is 0 Å². The van der Waals surface area contributed by atoms with E-state index in [-0.39, 0.29) is 12.1 Å². The SMILES string of the molecule is Cc1cc(NC2(C)CC2)nc(CO)n1. The second-order valence-electron chi connectivity index (χ2n) is 4.15. The molecule has 4 nitrogen and oxygen atoms in total. The van der Waals surface area contributed by atoms with Crippen molar-refractivity contribution < 1.29 is 5.11 Å². The highest BCUT2D eigenvalue weighted by Gasteiger charge is 2.37. The normalized spacial score (nSPS) is 17.9. The van der Waals surface area contributed by atoms with Gasteiger partial charge in [-0.25, -0.2) is 9.97 Å². The van der Waals surface area contributed by atoms with Crippen molar-refractivity contribution in [3.8, 4) is 0 Å². The third kappa shape index (κ3) is 2.01. The van der Waals surface area contributed by atoms with Gasteiger partial charge >= 0.3 is 0 Å². The zero-order chi connectivity index (χ0) is 10.2. The van der Waals surface area contributed by atoms with E-state index in [1.54, 1.807) is 0 Å². The number of aromatic nitrogens is 2. The number of aliphatic hydroxyl groups is 1. The van der Waals surface area contributed by atoms with Gasteiger partial charge in [0.1, 0.15) is 12.4 Å². The third-order valence-electron chi connectivity index (χ3n) is 2.47. The minimum absolute atomic E-state index is 0.104. The van der Waals surface area contributed by atoms with Gasteiger partial charge in [0.2, 0.25) is 0 Å². The number of nitrogens with zero attached hydrogens (tertiary/aromatic N) is 2. The van der Waals surface area contributed by atoms with Gasteiger partial charge in [-0.05, 0) is 26.7 Å². The van der Waals surface area contributed by atoms with Crippen LogP contribution in [-0.2, 0) is 6.61 Å². The van der Waals surface area contributed by atoms with Crippen LogP contribution in [0, 0.1) is 6.92 Å². The molecule has 1 fully saturated rings. The van der Waals surface area contributed by atoms with Gasteiger partial charge in [-0.15, -0.1) is 0 Å². The van der Waals surface area contributed by atoms with Crippen molar-refractivity contribution in [2.24, 2.45) is 0 Å². The van der Waals surface area contributed by atoms with Gasteiger partial charge in [0.15, 0.2) is 5.82 Å². The van der Waals surface area contributed by atoms with Crippen LogP contribution in [0.5, 0.6) is 0 Å². The van der Waals surface area contributed by atoms with Crippen LogP contribution in [0.4, 0.5) is 5.82 Å². The molecule has 1 heterocycles. The van der Waals surface area contributed by atoms with Crippen molar-refractivity contribution in [2.75, 3.05) is 5.32 Å². The lowest BCUT2D eigenvalue weighted by Crippen LogP contribution is -2.17. The van der Waals surface area contributed by atoms with Crippen LogP contribution in [0.3, 0.4) is 0 Å². The summed E-state index contributed by atoms with van der Waals surface area (Å²) in [6, 6.07) is 1.91. The number of aryl methyl sites for hydroxylation is 1. The molecule has 2 rings (SSSR count). The molecule has 0 unspecified atom stereocenters. The quantitative estimate of drug-likeness (QED) is 0.758. The lowest BCUT2D eigenvalue weighted by molar-refractivity contribution is 0.271. The van der Waals surface area contributed by atoms with E-state index < -0.39 is 0 Å². The van der Waals surface area contributed by atoms with Crippen LogP contribution in [-0.4, -0.2) is 20.6 Å². The maximum absolute atomic E-state index is 8.95. The molecule has 1 aromatic heterocycles. The molecular formula is C10H15N3O. The molecule has 0 aromatic carbocycles. The number of hydrogen-bond donors (Lipinski definition) is 2. The summed E-state index contributed by atoms with van der Waals surface area (Å²) in [6.07, 6.45) is 2.37. The molecule has 0 spiro atoms. The van der Waals surface area contributed by atoms with Crippen LogP contribution in [0.25, 0.3) is 0 Å². The Morgan fingerprint density at radius 3 is 2.79 bits per heavy atom. The molecular weight excluding hydrogens is 178 g/mol. The minimum atomic E-state index is -0.104. The Hall–Kier alpha value is -1.16. The summed E-state index contributed by atoms with van der Waals surface area (Å²) in [7, 11) is 0. The van der Waals surface area contributed by atoms with Crippen LogP contribution >= 0.6 is 0 Å². The first-order chi connectivity index (χ1) is 6.61. The largest absolute Gasteiger partial charge is 0.388 e. The first-order valence-corrected chi connectivity index (χ1v) is 4.85. The fraction of sp³-hybridized carbons (Fsp3) is 0.600. The molecule has 1 aliphatic rings. The highest BCUT2D eigenvalue weighted by molar-refractivity contribution is 5.40. The molecule has 0 saturated heterocycles. The molecule has 14 heavy (non-hydrogen) atoms. The molecule has 1 aromatic rings. The van der Waals surface area contributed by atoms with Crippen LogP contribution in [0.1, 0.15) is 31.3 Å². The van der Waals surface area contributed by atoms with Gasteiger partial charge in [-0.2, -0.15) is 0 Å². The van der Waals surface area contributed by atoms with E-state index in [1.165, 1.54) is 12.8 Å².